The van der Waals surface area contributed by atoms with Crippen LogP contribution in [-0.4, -0.2) is 22.2 Å². The Hall–Kier alpha value is -3.94. The Morgan fingerprint density at radius 3 is 2.73 bits per heavy atom. The average Bonchev–Trinajstić information content (AvgIpc) is 3.11. The molecule has 8 nitrogen and oxygen atoms in total. The standard InChI is InChI=1S/C18H13N3O5/c22-16-7-2-1-6-15(16)18(23)20-19-11-14-8-9-17(26-14)12-4-3-5-13(10-12)21(24)25/h1-11,22H,(H,20,23). The molecule has 0 saturated heterocycles. The number of nitro benzene ring substituents is 1. The van der Waals surface area contributed by atoms with Crippen molar-refractivity contribution in [3.05, 3.63) is 82.1 Å². The third-order valence-corrected chi connectivity index (χ3v) is 3.47. The number of para-hydroxylation sites is 1. The lowest BCUT2D eigenvalue weighted by Gasteiger charge is -2.01. The van der Waals surface area contributed by atoms with Gasteiger partial charge in [0.25, 0.3) is 11.6 Å². The zero-order chi connectivity index (χ0) is 18.5. The molecular formula is C18H13N3O5. The molecule has 130 valence electrons. The van der Waals surface area contributed by atoms with Crippen molar-refractivity contribution in [2.24, 2.45) is 5.10 Å². The number of hydrogen-bond acceptors (Lipinski definition) is 6. The third kappa shape index (κ3) is 3.75. The molecule has 2 N–H and O–H groups in total. The van der Waals surface area contributed by atoms with Crippen molar-refractivity contribution in [1.82, 2.24) is 5.43 Å². The van der Waals surface area contributed by atoms with Crippen LogP contribution in [0.25, 0.3) is 11.3 Å². The monoisotopic (exact) mass is 351 g/mol. The van der Waals surface area contributed by atoms with Gasteiger partial charge in [-0.2, -0.15) is 5.10 Å². The molecule has 0 aliphatic rings. The number of carbonyl (C=O) groups excluding carboxylic acids is 1. The maximum absolute atomic E-state index is 11.9. The van der Waals surface area contributed by atoms with Crippen LogP contribution in [0.4, 0.5) is 5.69 Å². The van der Waals surface area contributed by atoms with Crippen molar-refractivity contribution in [3.63, 3.8) is 0 Å². The van der Waals surface area contributed by atoms with Gasteiger partial charge in [0.05, 0.1) is 16.7 Å². The molecule has 0 fully saturated rings. The van der Waals surface area contributed by atoms with Crippen LogP contribution in [0.2, 0.25) is 0 Å². The van der Waals surface area contributed by atoms with Gasteiger partial charge >= 0.3 is 0 Å². The number of amides is 1. The number of phenols is 1. The molecule has 0 aliphatic heterocycles. The van der Waals surface area contributed by atoms with Crippen LogP contribution >= 0.6 is 0 Å². The predicted octanol–water partition coefficient (Wildman–Crippen LogP) is 3.32. The van der Waals surface area contributed by atoms with Crippen molar-refractivity contribution < 1.29 is 19.2 Å². The van der Waals surface area contributed by atoms with Gasteiger partial charge < -0.3 is 9.52 Å². The number of hydrogen-bond donors (Lipinski definition) is 2. The number of nitrogens with zero attached hydrogens (tertiary/aromatic N) is 2. The molecular weight excluding hydrogens is 338 g/mol. The second-order valence-corrected chi connectivity index (χ2v) is 5.23. The first kappa shape index (κ1) is 16.9. The lowest BCUT2D eigenvalue weighted by atomic mass is 10.1. The fourth-order valence-electron chi connectivity index (χ4n) is 2.23. The minimum absolute atomic E-state index is 0.0379. The van der Waals surface area contributed by atoms with Gasteiger partial charge in [-0.25, -0.2) is 5.43 Å². The molecule has 0 unspecified atom stereocenters. The highest BCUT2D eigenvalue weighted by Crippen LogP contribution is 2.25. The summed E-state index contributed by atoms with van der Waals surface area (Å²) in [5.41, 5.74) is 2.90. The summed E-state index contributed by atoms with van der Waals surface area (Å²) in [4.78, 5) is 22.3. The normalized spacial score (nSPS) is 10.8. The van der Waals surface area contributed by atoms with E-state index in [4.69, 9.17) is 4.42 Å². The van der Waals surface area contributed by atoms with E-state index in [0.717, 1.165) is 0 Å². The van der Waals surface area contributed by atoms with Crippen molar-refractivity contribution in [1.29, 1.82) is 0 Å². The molecule has 26 heavy (non-hydrogen) atoms. The molecule has 1 aromatic heterocycles. The number of hydrazone groups is 1. The van der Waals surface area contributed by atoms with Crippen molar-refractivity contribution in [2.75, 3.05) is 0 Å². The Morgan fingerprint density at radius 1 is 1.15 bits per heavy atom. The molecule has 0 aliphatic carbocycles. The van der Waals surface area contributed by atoms with Crippen LogP contribution in [0.5, 0.6) is 5.75 Å². The average molecular weight is 351 g/mol. The Kier molecular flexibility index (Phi) is 4.75. The van der Waals surface area contributed by atoms with E-state index in [1.54, 1.807) is 36.4 Å². The molecule has 0 spiro atoms. The molecule has 3 aromatic rings. The SMILES string of the molecule is O=C(NN=Cc1ccc(-c2cccc([N+](=O)[O-])c2)o1)c1ccccc1O. The van der Waals surface area contributed by atoms with E-state index in [9.17, 15) is 20.0 Å². The van der Waals surface area contributed by atoms with Crippen LogP contribution in [0, 0.1) is 10.1 Å². The van der Waals surface area contributed by atoms with E-state index in [1.165, 1.54) is 30.5 Å². The third-order valence-electron chi connectivity index (χ3n) is 3.47. The Bertz CT molecular complexity index is 994. The highest BCUT2D eigenvalue weighted by molar-refractivity contribution is 5.97. The molecule has 0 bridgehead atoms. The van der Waals surface area contributed by atoms with Gasteiger partial charge in [-0.15, -0.1) is 0 Å². The van der Waals surface area contributed by atoms with Gasteiger partial charge in [0, 0.05) is 17.7 Å². The summed E-state index contributed by atoms with van der Waals surface area (Å²) in [6.07, 6.45) is 1.29. The first-order chi connectivity index (χ1) is 12.5. The van der Waals surface area contributed by atoms with Crippen molar-refractivity contribution in [2.45, 2.75) is 0 Å². The molecule has 1 amide bonds. The number of rotatable bonds is 5. The van der Waals surface area contributed by atoms with Gasteiger partial charge in [0.1, 0.15) is 17.3 Å². The van der Waals surface area contributed by atoms with E-state index in [1.807, 2.05) is 0 Å². The molecule has 1 heterocycles. The minimum Gasteiger partial charge on any atom is -0.507 e. The number of carbonyl (C=O) groups is 1. The van der Waals surface area contributed by atoms with E-state index >= 15 is 0 Å². The topological polar surface area (TPSA) is 118 Å². The Balaban J connectivity index is 1.70. The summed E-state index contributed by atoms with van der Waals surface area (Å²) in [5, 5.41) is 24.2. The minimum atomic E-state index is -0.565. The van der Waals surface area contributed by atoms with E-state index < -0.39 is 10.8 Å². The maximum Gasteiger partial charge on any atom is 0.275 e. The van der Waals surface area contributed by atoms with Crippen molar-refractivity contribution in [3.8, 4) is 17.1 Å². The first-order valence-corrected chi connectivity index (χ1v) is 7.50. The number of benzene rings is 2. The van der Waals surface area contributed by atoms with Gasteiger partial charge in [-0.1, -0.05) is 24.3 Å². The number of nitrogens with one attached hydrogen (secondary N) is 1. The van der Waals surface area contributed by atoms with Gasteiger partial charge in [-0.3, -0.25) is 14.9 Å². The number of nitro groups is 1. The second-order valence-electron chi connectivity index (χ2n) is 5.23. The van der Waals surface area contributed by atoms with Crippen LogP contribution in [0.1, 0.15) is 16.1 Å². The first-order valence-electron chi connectivity index (χ1n) is 7.50. The van der Waals surface area contributed by atoms with Gasteiger partial charge in [0.15, 0.2) is 0 Å². The van der Waals surface area contributed by atoms with E-state index in [2.05, 4.69) is 10.5 Å². The molecule has 0 saturated carbocycles. The van der Waals surface area contributed by atoms with Crippen molar-refractivity contribution >= 4 is 17.8 Å². The quantitative estimate of drug-likeness (QED) is 0.415. The van der Waals surface area contributed by atoms with E-state index in [-0.39, 0.29) is 17.0 Å². The highest BCUT2D eigenvalue weighted by atomic mass is 16.6. The number of aromatic hydroxyl groups is 1. The summed E-state index contributed by atoms with van der Waals surface area (Å²) in [7, 11) is 0. The maximum atomic E-state index is 11.9. The Morgan fingerprint density at radius 2 is 1.96 bits per heavy atom. The van der Waals surface area contributed by atoms with Crippen LogP contribution in [0.3, 0.4) is 0 Å². The highest BCUT2D eigenvalue weighted by Gasteiger charge is 2.11. The largest absolute Gasteiger partial charge is 0.507 e. The molecule has 3 rings (SSSR count). The summed E-state index contributed by atoms with van der Waals surface area (Å²) >= 11 is 0. The molecule has 0 atom stereocenters. The number of non-ortho nitro benzene ring substituents is 1. The number of furan rings is 1. The zero-order valence-corrected chi connectivity index (χ0v) is 13.3. The Labute approximate surface area is 147 Å². The lowest BCUT2D eigenvalue weighted by molar-refractivity contribution is -0.384. The smallest absolute Gasteiger partial charge is 0.275 e. The summed E-state index contributed by atoms with van der Waals surface area (Å²) in [6, 6.07) is 15.4. The van der Waals surface area contributed by atoms with Crippen LogP contribution in [-0.2, 0) is 0 Å². The summed E-state index contributed by atoms with van der Waals surface area (Å²) < 4.78 is 5.54. The fourth-order valence-corrected chi connectivity index (χ4v) is 2.23. The second kappa shape index (κ2) is 7.31. The molecule has 0 radical (unpaired) electrons. The lowest BCUT2D eigenvalue weighted by Crippen LogP contribution is -2.17. The summed E-state index contributed by atoms with van der Waals surface area (Å²) in [6.45, 7) is 0. The predicted molar refractivity (Wildman–Crippen MR) is 94.0 cm³/mol. The molecule has 2 aromatic carbocycles. The number of phenolic OH excluding ortho intramolecular Hbond substituents is 1. The van der Waals surface area contributed by atoms with Crippen LogP contribution < -0.4 is 5.43 Å². The fraction of sp³-hybridized carbons (Fsp3) is 0. The van der Waals surface area contributed by atoms with Gasteiger partial charge in [0.2, 0.25) is 0 Å². The summed E-state index contributed by atoms with van der Waals surface area (Å²) in [5.74, 6) is 0.0715. The van der Waals surface area contributed by atoms with Gasteiger partial charge in [-0.05, 0) is 24.3 Å². The van der Waals surface area contributed by atoms with Crippen LogP contribution in [0.15, 0.2) is 70.2 Å². The van der Waals surface area contributed by atoms with E-state index in [0.29, 0.717) is 17.1 Å². The molecule has 8 heteroatoms. The zero-order valence-electron chi connectivity index (χ0n) is 13.3.